The molecule has 1 aromatic rings. The summed E-state index contributed by atoms with van der Waals surface area (Å²) in [5.74, 6) is 3.23. The highest BCUT2D eigenvalue weighted by Crippen LogP contribution is 2.43. The lowest BCUT2D eigenvalue weighted by molar-refractivity contribution is -0.139. The number of hydrogen-bond acceptors (Lipinski definition) is 7. The van der Waals surface area contributed by atoms with E-state index in [9.17, 15) is 4.79 Å². The second-order valence-corrected chi connectivity index (χ2v) is 6.83. The molecular weight excluding hydrogens is 376 g/mol. The quantitative estimate of drug-likeness (QED) is 0.513. The van der Waals surface area contributed by atoms with E-state index in [1.807, 2.05) is 48.6 Å². The summed E-state index contributed by atoms with van der Waals surface area (Å²) < 4.78 is 16.6. The molecule has 0 N–H and O–H groups in total. The number of carbonyl (C=O) groups excluding carboxylic acids is 1. The van der Waals surface area contributed by atoms with Crippen molar-refractivity contribution in [3.8, 4) is 23.8 Å². The molecule has 0 fully saturated rings. The van der Waals surface area contributed by atoms with Crippen LogP contribution in [0, 0.1) is 12.3 Å². The Balaban J connectivity index is 2.06. The molecule has 2 aliphatic heterocycles. The number of rotatable bonds is 7. The first kappa shape index (κ1) is 19.9. The standard InChI is InChI=1S/C21H22N2O4S/c1-5-11-27-16-9-8-15(13-17(16)25-6-2)19-18(20(24)26-7-3)14(4)22-21-23(19)10-12-28-21/h1,8-10,12-13,19H,6-7,11H2,2-4H3/t19-/m1/s1. The molecule has 2 aliphatic rings. The number of hydrogen-bond donors (Lipinski definition) is 0. The fraction of sp³-hybridized carbons (Fsp3) is 0.333. The molecule has 0 unspecified atom stereocenters. The fourth-order valence-corrected chi connectivity index (χ4v) is 3.89. The van der Waals surface area contributed by atoms with Crippen molar-refractivity contribution in [3.05, 3.63) is 46.6 Å². The van der Waals surface area contributed by atoms with Crippen molar-refractivity contribution < 1.29 is 19.0 Å². The van der Waals surface area contributed by atoms with E-state index in [4.69, 9.17) is 20.6 Å². The SMILES string of the molecule is C#CCOc1ccc([C@@H]2C(C(=O)OCC)=C(C)N=C3SC=CN32)cc1OCC. The monoisotopic (exact) mass is 398 g/mol. The molecule has 0 radical (unpaired) electrons. The van der Waals surface area contributed by atoms with Crippen molar-refractivity contribution in [1.82, 2.24) is 4.90 Å². The highest BCUT2D eigenvalue weighted by Gasteiger charge is 2.37. The van der Waals surface area contributed by atoms with Crippen molar-refractivity contribution in [3.63, 3.8) is 0 Å². The van der Waals surface area contributed by atoms with E-state index in [1.54, 1.807) is 6.92 Å². The Hall–Kier alpha value is -2.85. The van der Waals surface area contributed by atoms with E-state index in [0.717, 1.165) is 10.7 Å². The van der Waals surface area contributed by atoms with Gasteiger partial charge in [-0.05, 0) is 43.9 Å². The summed E-state index contributed by atoms with van der Waals surface area (Å²) in [7, 11) is 0. The number of amidine groups is 1. The third-order valence-electron chi connectivity index (χ3n) is 4.21. The number of esters is 1. The van der Waals surface area contributed by atoms with Gasteiger partial charge in [0.25, 0.3) is 0 Å². The second-order valence-electron chi connectivity index (χ2n) is 5.96. The maximum Gasteiger partial charge on any atom is 0.338 e. The number of fused-ring (bicyclic) bond motifs is 1. The van der Waals surface area contributed by atoms with Crippen LogP contribution in [0.3, 0.4) is 0 Å². The molecule has 0 spiro atoms. The summed E-state index contributed by atoms with van der Waals surface area (Å²) >= 11 is 1.52. The number of thioether (sulfide) groups is 1. The van der Waals surface area contributed by atoms with Crippen LogP contribution in [0.25, 0.3) is 0 Å². The van der Waals surface area contributed by atoms with Crippen LogP contribution in [-0.4, -0.2) is 35.9 Å². The van der Waals surface area contributed by atoms with Crippen LogP contribution in [0.2, 0.25) is 0 Å². The number of benzene rings is 1. The van der Waals surface area contributed by atoms with E-state index >= 15 is 0 Å². The lowest BCUT2D eigenvalue weighted by Gasteiger charge is -2.33. The molecule has 6 nitrogen and oxygen atoms in total. The number of ether oxygens (including phenoxy) is 3. The summed E-state index contributed by atoms with van der Waals surface area (Å²) in [6.45, 7) is 6.45. The molecule has 0 saturated carbocycles. The highest BCUT2D eigenvalue weighted by molar-refractivity contribution is 8.16. The highest BCUT2D eigenvalue weighted by atomic mass is 32.2. The van der Waals surface area contributed by atoms with Crippen LogP contribution >= 0.6 is 11.8 Å². The smallest absolute Gasteiger partial charge is 0.338 e. The van der Waals surface area contributed by atoms with Gasteiger partial charge in [-0.25, -0.2) is 9.79 Å². The zero-order valence-corrected chi connectivity index (χ0v) is 16.9. The van der Waals surface area contributed by atoms with Gasteiger partial charge in [-0.15, -0.1) is 6.42 Å². The van der Waals surface area contributed by atoms with Crippen LogP contribution in [-0.2, 0) is 9.53 Å². The summed E-state index contributed by atoms with van der Waals surface area (Å²) in [5, 5.41) is 2.77. The lowest BCUT2D eigenvalue weighted by Crippen LogP contribution is -2.34. The lowest BCUT2D eigenvalue weighted by atomic mass is 9.94. The zero-order chi connectivity index (χ0) is 20.1. The first-order chi connectivity index (χ1) is 13.6. The van der Waals surface area contributed by atoms with Gasteiger partial charge in [0.1, 0.15) is 6.61 Å². The molecule has 7 heteroatoms. The zero-order valence-electron chi connectivity index (χ0n) is 16.1. The Bertz CT molecular complexity index is 898. The van der Waals surface area contributed by atoms with Gasteiger partial charge in [0.2, 0.25) is 0 Å². The largest absolute Gasteiger partial charge is 0.490 e. The van der Waals surface area contributed by atoms with Crippen LogP contribution in [0.15, 0.2) is 46.1 Å². The van der Waals surface area contributed by atoms with Gasteiger partial charge < -0.3 is 19.1 Å². The molecule has 1 aromatic carbocycles. The Kier molecular flexibility index (Phi) is 6.32. The van der Waals surface area contributed by atoms with Crippen molar-refractivity contribution in [2.24, 2.45) is 4.99 Å². The number of nitrogens with zero attached hydrogens (tertiary/aromatic N) is 2. The molecular formula is C21H22N2O4S. The minimum atomic E-state index is -0.372. The van der Waals surface area contributed by atoms with Crippen molar-refractivity contribution in [2.45, 2.75) is 26.8 Å². The van der Waals surface area contributed by atoms with E-state index in [1.165, 1.54) is 11.8 Å². The van der Waals surface area contributed by atoms with Gasteiger partial charge in [0, 0.05) is 6.20 Å². The summed E-state index contributed by atoms with van der Waals surface area (Å²) in [6.07, 6.45) is 7.22. The van der Waals surface area contributed by atoms with Crippen LogP contribution in [0.4, 0.5) is 0 Å². The third kappa shape index (κ3) is 3.87. The van der Waals surface area contributed by atoms with Gasteiger partial charge in [-0.2, -0.15) is 0 Å². The third-order valence-corrected chi connectivity index (χ3v) is 4.98. The summed E-state index contributed by atoms with van der Waals surface area (Å²) in [6, 6.07) is 5.24. The predicted octanol–water partition coefficient (Wildman–Crippen LogP) is 3.87. The van der Waals surface area contributed by atoms with Crippen molar-refractivity contribution >= 4 is 22.9 Å². The maximum absolute atomic E-state index is 12.7. The average Bonchev–Trinajstić information content (AvgIpc) is 3.14. The normalized spacial score (nSPS) is 17.7. The van der Waals surface area contributed by atoms with Crippen LogP contribution in [0.1, 0.15) is 32.4 Å². The average molecular weight is 398 g/mol. The van der Waals surface area contributed by atoms with Crippen molar-refractivity contribution in [1.29, 1.82) is 0 Å². The second kappa shape index (κ2) is 8.89. The minimum absolute atomic E-state index is 0.151. The molecule has 3 rings (SSSR count). The topological polar surface area (TPSA) is 60.4 Å². The van der Waals surface area contributed by atoms with Crippen LogP contribution in [0.5, 0.6) is 11.5 Å². The maximum atomic E-state index is 12.7. The Labute approximate surface area is 169 Å². The first-order valence-corrected chi connectivity index (χ1v) is 9.89. The number of carbonyl (C=O) groups is 1. The Morgan fingerprint density at radius 2 is 2.11 bits per heavy atom. The minimum Gasteiger partial charge on any atom is -0.490 e. The van der Waals surface area contributed by atoms with E-state index in [2.05, 4.69) is 10.9 Å². The predicted molar refractivity (Wildman–Crippen MR) is 110 cm³/mol. The molecule has 28 heavy (non-hydrogen) atoms. The van der Waals surface area contributed by atoms with E-state index < -0.39 is 0 Å². The Morgan fingerprint density at radius 3 is 2.82 bits per heavy atom. The first-order valence-electron chi connectivity index (χ1n) is 9.01. The molecule has 1 atom stereocenters. The van der Waals surface area contributed by atoms with Gasteiger partial charge in [-0.3, -0.25) is 0 Å². The molecule has 0 bridgehead atoms. The summed E-state index contributed by atoms with van der Waals surface area (Å²) in [4.78, 5) is 19.2. The van der Waals surface area contributed by atoms with Gasteiger partial charge >= 0.3 is 5.97 Å². The fourth-order valence-electron chi connectivity index (χ4n) is 3.10. The van der Waals surface area contributed by atoms with Gasteiger partial charge in [-0.1, -0.05) is 23.7 Å². The van der Waals surface area contributed by atoms with Gasteiger partial charge in [0.15, 0.2) is 16.7 Å². The van der Waals surface area contributed by atoms with Crippen molar-refractivity contribution in [2.75, 3.05) is 19.8 Å². The van der Waals surface area contributed by atoms with E-state index in [0.29, 0.717) is 36.0 Å². The molecule has 146 valence electrons. The number of aliphatic imine (C=N–C) groups is 1. The molecule has 0 amide bonds. The molecule has 0 aromatic heterocycles. The number of terminal acetylenes is 1. The van der Waals surface area contributed by atoms with Gasteiger partial charge in [0.05, 0.1) is 30.5 Å². The molecule has 2 heterocycles. The summed E-state index contributed by atoms with van der Waals surface area (Å²) in [5.41, 5.74) is 2.03. The van der Waals surface area contributed by atoms with E-state index in [-0.39, 0.29) is 18.6 Å². The number of allylic oxidation sites excluding steroid dienone is 1. The molecule has 0 saturated heterocycles. The molecule has 0 aliphatic carbocycles. The van der Waals surface area contributed by atoms with Crippen LogP contribution < -0.4 is 9.47 Å². The Morgan fingerprint density at radius 1 is 1.29 bits per heavy atom.